The molecule has 1 unspecified atom stereocenters. The molecule has 1 aliphatic rings. The smallest absolute Gasteiger partial charge is 0.0617 e. The van der Waals surface area contributed by atoms with Crippen molar-refractivity contribution in [1.82, 2.24) is 0 Å². The lowest BCUT2D eigenvalue weighted by molar-refractivity contribution is 0.0822. The molecule has 6 nitrogen and oxygen atoms in total. The van der Waals surface area contributed by atoms with Crippen molar-refractivity contribution in [3.05, 3.63) is 0 Å². The Kier molecular flexibility index (Phi) is 50.6. The van der Waals surface area contributed by atoms with Gasteiger partial charge >= 0.3 is 0 Å². The van der Waals surface area contributed by atoms with Crippen LogP contribution in [0.25, 0.3) is 0 Å². The molecular weight excluding hydrogens is 316 g/mol. The lowest BCUT2D eigenvalue weighted by atomic mass is 10.1. The molecule has 0 aliphatic carbocycles. The normalized spacial score (nSPS) is 15.0. The van der Waals surface area contributed by atoms with Gasteiger partial charge in [-0.2, -0.15) is 0 Å². The van der Waals surface area contributed by atoms with E-state index in [9.17, 15) is 0 Å². The van der Waals surface area contributed by atoms with Crippen molar-refractivity contribution in [2.45, 2.75) is 79.2 Å². The minimum Gasteiger partial charge on any atom is -0.380 e. The van der Waals surface area contributed by atoms with Crippen LogP contribution in [0.15, 0.2) is 0 Å². The fourth-order valence-corrected chi connectivity index (χ4v) is 1.30. The van der Waals surface area contributed by atoms with Crippen molar-refractivity contribution in [3.63, 3.8) is 0 Å². The van der Waals surface area contributed by atoms with Crippen molar-refractivity contribution in [2.75, 3.05) is 46.1 Å². The quantitative estimate of drug-likeness (QED) is 0.514. The topological polar surface area (TPSA) is 123 Å². The second-order valence-electron chi connectivity index (χ2n) is 5.31. The molecular formula is C19H50N4O2. The van der Waals surface area contributed by atoms with Crippen molar-refractivity contribution in [1.29, 1.82) is 0 Å². The number of rotatable bonds is 7. The van der Waals surface area contributed by atoms with Gasteiger partial charge < -0.3 is 32.4 Å². The van der Waals surface area contributed by atoms with Gasteiger partial charge in [0.1, 0.15) is 0 Å². The van der Waals surface area contributed by atoms with E-state index in [-0.39, 0.29) is 0 Å². The first-order valence-electron chi connectivity index (χ1n) is 10.2. The maximum atomic E-state index is 5.51. The molecule has 0 aromatic carbocycles. The Bertz CT molecular complexity index is 162. The van der Waals surface area contributed by atoms with Gasteiger partial charge in [0.05, 0.1) is 13.2 Å². The summed E-state index contributed by atoms with van der Waals surface area (Å²) >= 11 is 0. The van der Waals surface area contributed by atoms with Crippen molar-refractivity contribution in [3.8, 4) is 0 Å². The Balaban J connectivity index is -0.000000116. The Morgan fingerprint density at radius 3 is 1.68 bits per heavy atom. The minimum absolute atomic E-state index is 0.314. The van der Waals surface area contributed by atoms with Gasteiger partial charge in [-0.25, -0.2) is 0 Å². The number of ether oxygens (including phenoxy) is 2. The standard InChI is InChI=1S/C5H11NO.C5H13NO.C4H11N.C3H9N.C2H6/c6-5-2-1-3-7-4-5;1-2-4-7-5-3-6;1-2-3-4-5;1-2-3-4;1-2/h5H,1-4,6H2;2-6H2,1H3;2-5H2,1H3;2-4H2,1H3;1-2H3. The van der Waals surface area contributed by atoms with E-state index < -0.39 is 0 Å². The number of nitrogens with two attached hydrogens (primary N) is 4. The average molecular weight is 367 g/mol. The van der Waals surface area contributed by atoms with Crippen LogP contribution in [0.3, 0.4) is 0 Å². The first kappa shape index (κ1) is 32.4. The van der Waals surface area contributed by atoms with Gasteiger partial charge in [0.2, 0.25) is 0 Å². The van der Waals surface area contributed by atoms with Crippen LogP contribution >= 0.6 is 0 Å². The van der Waals surface area contributed by atoms with Gasteiger partial charge in [-0.3, -0.25) is 0 Å². The molecule has 158 valence electrons. The summed E-state index contributed by atoms with van der Waals surface area (Å²) in [4.78, 5) is 0. The third-order valence-corrected chi connectivity index (χ3v) is 2.65. The van der Waals surface area contributed by atoms with Crippen LogP contribution in [-0.4, -0.2) is 52.1 Å². The van der Waals surface area contributed by atoms with Crippen LogP contribution in [0.5, 0.6) is 0 Å². The van der Waals surface area contributed by atoms with Gasteiger partial charge in [-0.05, 0) is 45.2 Å². The predicted molar refractivity (Wildman–Crippen MR) is 113 cm³/mol. The molecule has 0 saturated carbocycles. The van der Waals surface area contributed by atoms with Crippen LogP contribution in [0.2, 0.25) is 0 Å². The first-order chi connectivity index (χ1) is 12.1. The SMILES string of the molecule is CC.CCCCN.CCCN.CCCOCCN.NC1CCCOC1. The lowest BCUT2D eigenvalue weighted by Gasteiger charge is -2.16. The van der Waals surface area contributed by atoms with E-state index in [0.717, 1.165) is 58.6 Å². The third-order valence-electron chi connectivity index (χ3n) is 2.65. The second kappa shape index (κ2) is 39.0. The highest BCUT2D eigenvalue weighted by molar-refractivity contribution is 4.63. The van der Waals surface area contributed by atoms with E-state index in [1.807, 2.05) is 13.8 Å². The van der Waals surface area contributed by atoms with Crippen molar-refractivity contribution in [2.24, 2.45) is 22.9 Å². The molecule has 6 heteroatoms. The van der Waals surface area contributed by atoms with E-state index in [1.54, 1.807) is 0 Å². The summed E-state index contributed by atoms with van der Waals surface area (Å²) in [7, 11) is 0. The van der Waals surface area contributed by atoms with E-state index in [2.05, 4.69) is 20.8 Å². The van der Waals surface area contributed by atoms with E-state index in [1.165, 1.54) is 12.8 Å². The van der Waals surface area contributed by atoms with Crippen molar-refractivity contribution < 1.29 is 9.47 Å². The average Bonchev–Trinajstić information content (AvgIpc) is 2.66. The van der Waals surface area contributed by atoms with E-state index in [4.69, 9.17) is 32.4 Å². The summed E-state index contributed by atoms with van der Waals surface area (Å²) in [6, 6.07) is 0.314. The van der Waals surface area contributed by atoms with Crippen molar-refractivity contribution >= 4 is 0 Å². The minimum atomic E-state index is 0.314. The van der Waals surface area contributed by atoms with Crippen LogP contribution in [0.4, 0.5) is 0 Å². The Hall–Kier alpha value is -0.240. The Morgan fingerprint density at radius 1 is 0.880 bits per heavy atom. The molecule has 1 atom stereocenters. The number of hydrogen-bond donors (Lipinski definition) is 4. The zero-order valence-corrected chi connectivity index (χ0v) is 17.9. The van der Waals surface area contributed by atoms with Crippen LogP contribution in [0, 0.1) is 0 Å². The summed E-state index contributed by atoms with van der Waals surface area (Å²) in [5, 5.41) is 0. The third kappa shape index (κ3) is 51.6. The molecule has 0 aromatic rings. The summed E-state index contributed by atoms with van der Waals surface area (Å²) in [5.74, 6) is 0. The molecule has 0 amide bonds. The van der Waals surface area contributed by atoms with Crippen LogP contribution in [-0.2, 0) is 9.47 Å². The van der Waals surface area contributed by atoms with Gasteiger partial charge in [0.15, 0.2) is 0 Å². The molecule has 1 fully saturated rings. The van der Waals surface area contributed by atoms with Crippen LogP contribution < -0.4 is 22.9 Å². The summed E-state index contributed by atoms with van der Waals surface area (Å²) in [6.45, 7) is 15.8. The molecule has 0 radical (unpaired) electrons. The van der Waals surface area contributed by atoms with E-state index in [0.29, 0.717) is 19.2 Å². The molecule has 8 N–H and O–H groups in total. The second-order valence-corrected chi connectivity index (χ2v) is 5.31. The molecule has 1 rings (SSSR count). The molecule has 0 aromatic heterocycles. The zero-order valence-electron chi connectivity index (χ0n) is 17.9. The molecule has 0 spiro atoms. The fraction of sp³-hybridized carbons (Fsp3) is 1.00. The van der Waals surface area contributed by atoms with Crippen LogP contribution in [0.1, 0.15) is 73.1 Å². The number of hydrogen-bond acceptors (Lipinski definition) is 6. The zero-order chi connectivity index (χ0) is 20.2. The van der Waals surface area contributed by atoms with Gasteiger partial charge in [-0.1, -0.05) is 41.0 Å². The summed E-state index contributed by atoms with van der Waals surface area (Å²) in [6.07, 6.45) is 6.84. The predicted octanol–water partition coefficient (Wildman–Crippen LogP) is 2.62. The van der Waals surface area contributed by atoms with Gasteiger partial charge in [0.25, 0.3) is 0 Å². The molecule has 1 saturated heterocycles. The largest absolute Gasteiger partial charge is 0.380 e. The molecule has 1 aliphatic heterocycles. The molecule has 1 heterocycles. The maximum absolute atomic E-state index is 5.51. The highest BCUT2D eigenvalue weighted by Gasteiger charge is 2.06. The Labute approximate surface area is 158 Å². The monoisotopic (exact) mass is 366 g/mol. The summed E-state index contributed by atoms with van der Waals surface area (Å²) in [5.41, 5.74) is 20.8. The summed E-state index contributed by atoms with van der Waals surface area (Å²) < 4.78 is 10.1. The van der Waals surface area contributed by atoms with Gasteiger partial charge in [0, 0.05) is 25.8 Å². The highest BCUT2D eigenvalue weighted by atomic mass is 16.5. The lowest BCUT2D eigenvalue weighted by Crippen LogP contribution is -2.30. The fourth-order valence-electron chi connectivity index (χ4n) is 1.30. The molecule has 0 bridgehead atoms. The van der Waals surface area contributed by atoms with Gasteiger partial charge in [-0.15, -0.1) is 0 Å². The maximum Gasteiger partial charge on any atom is 0.0617 e. The highest BCUT2D eigenvalue weighted by Crippen LogP contribution is 2.01. The Morgan fingerprint density at radius 2 is 1.48 bits per heavy atom. The number of unbranched alkanes of at least 4 members (excludes halogenated alkanes) is 1. The van der Waals surface area contributed by atoms with E-state index >= 15 is 0 Å². The molecule has 25 heavy (non-hydrogen) atoms. The first-order valence-corrected chi connectivity index (χ1v) is 10.2.